The Labute approximate surface area is 178 Å². The zero-order chi connectivity index (χ0) is 22.0. The van der Waals surface area contributed by atoms with E-state index in [-0.39, 0.29) is 11.7 Å². The van der Waals surface area contributed by atoms with Gasteiger partial charge in [0.05, 0.1) is 23.5 Å². The van der Waals surface area contributed by atoms with Crippen molar-refractivity contribution in [2.24, 2.45) is 0 Å². The molecule has 2 aromatic heterocycles. The van der Waals surface area contributed by atoms with Crippen molar-refractivity contribution in [3.63, 3.8) is 0 Å². The van der Waals surface area contributed by atoms with Crippen LogP contribution >= 0.6 is 0 Å². The Morgan fingerprint density at radius 3 is 2.32 bits per heavy atom. The van der Waals surface area contributed by atoms with Crippen LogP contribution in [0.2, 0.25) is 0 Å². The van der Waals surface area contributed by atoms with Crippen LogP contribution in [0.15, 0.2) is 65.3 Å². The maximum atomic E-state index is 12.1. The van der Waals surface area contributed by atoms with Crippen LogP contribution in [0.5, 0.6) is 0 Å². The SMILES string of the molecule is CN(C)C(=O)c1ccc(-c2cnc(N)c(-c3cc(-c4ccc(C#N)cc4)no3)n2)cc1. The fourth-order valence-electron chi connectivity index (χ4n) is 3.00. The van der Waals surface area contributed by atoms with Crippen molar-refractivity contribution in [3.05, 3.63) is 71.9 Å². The molecule has 0 fully saturated rings. The summed E-state index contributed by atoms with van der Waals surface area (Å²) in [4.78, 5) is 22.4. The van der Waals surface area contributed by atoms with Crippen LogP contribution in [-0.4, -0.2) is 40.0 Å². The number of benzene rings is 2. The number of nitrogen functional groups attached to an aromatic ring is 1. The summed E-state index contributed by atoms with van der Waals surface area (Å²) in [5.41, 5.74) is 10.3. The highest BCUT2D eigenvalue weighted by Crippen LogP contribution is 2.29. The molecule has 0 saturated carbocycles. The molecule has 4 rings (SSSR count). The number of carbonyl (C=O) groups is 1. The largest absolute Gasteiger partial charge is 0.382 e. The molecule has 2 heterocycles. The quantitative estimate of drug-likeness (QED) is 0.545. The molecule has 0 radical (unpaired) electrons. The van der Waals surface area contributed by atoms with Crippen molar-refractivity contribution in [3.8, 4) is 40.0 Å². The van der Waals surface area contributed by atoms with Crippen LogP contribution < -0.4 is 5.73 Å². The van der Waals surface area contributed by atoms with Gasteiger partial charge in [0.1, 0.15) is 5.69 Å². The molecule has 0 aliphatic carbocycles. The second-order valence-corrected chi connectivity index (χ2v) is 7.03. The van der Waals surface area contributed by atoms with Gasteiger partial charge in [-0.2, -0.15) is 5.26 Å². The van der Waals surface area contributed by atoms with E-state index in [2.05, 4.69) is 21.2 Å². The summed E-state index contributed by atoms with van der Waals surface area (Å²) in [6.07, 6.45) is 1.57. The molecule has 0 saturated heterocycles. The van der Waals surface area contributed by atoms with Crippen molar-refractivity contribution in [1.82, 2.24) is 20.0 Å². The van der Waals surface area contributed by atoms with Crippen LogP contribution in [0.3, 0.4) is 0 Å². The molecular formula is C23H18N6O2. The molecule has 152 valence electrons. The third kappa shape index (κ3) is 3.97. The lowest BCUT2D eigenvalue weighted by molar-refractivity contribution is 0.0827. The summed E-state index contributed by atoms with van der Waals surface area (Å²) in [6, 6.07) is 17.9. The summed E-state index contributed by atoms with van der Waals surface area (Å²) in [5.74, 6) is 0.518. The number of rotatable bonds is 4. The lowest BCUT2D eigenvalue weighted by atomic mass is 10.1. The number of nitriles is 1. The van der Waals surface area contributed by atoms with E-state index in [9.17, 15) is 4.79 Å². The number of carbonyl (C=O) groups excluding carboxylic acids is 1. The fraction of sp³-hybridized carbons (Fsp3) is 0.0870. The molecule has 0 atom stereocenters. The molecule has 8 nitrogen and oxygen atoms in total. The molecule has 31 heavy (non-hydrogen) atoms. The van der Waals surface area contributed by atoms with E-state index in [1.807, 2.05) is 12.1 Å². The average molecular weight is 410 g/mol. The van der Waals surface area contributed by atoms with Crippen molar-refractivity contribution in [1.29, 1.82) is 5.26 Å². The second kappa shape index (κ2) is 8.08. The third-order valence-corrected chi connectivity index (χ3v) is 4.69. The minimum atomic E-state index is -0.0763. The van der Waals surface area contributed by atoms with Crippen LogP contribution in [0, 0.1) is 11.3 Å². The first-order valence-corrected chi connectivity index (χ1v) is 9.38. The van der Waals surface area contributed by atoms with E-state index in [0.29, 0.717) is 34.0 Å². The van der Waals surface area contributed by atoms with Crippen molar-refractivity contribution < 1.29 is 9.32 Å². The zero-order valence-corrected chi connectivity index (χ0v) is 16.9. The van der Waals surface area contributed by atoms with Crippen LogP contribution in [0.4, 0.5) is 5.82 Å². The predicted molar refractivity (Wildman–Crippen MR) is 116 cm³/mol. The smallest absolute Gasteiger partial charge is 0.253 e. The van der Waals surface area contributed by atoms with Crippen LogP contribution in [0.25, 0.3) is 34.0 Å². The molecule has 1 amide bonds. The highest BCUT2D eigenvalue weighted by Gasteiger charge is 2.16. The van der Waals surface area contributed by atoms with Gasteiger partial charge in [-0.05, 0) is 24.3 Å². The monoisotopic (exact) mass is 410 g/mol. The molecule has 0 bridgehead atoms. The summed E-state index contributed by atoms with van der Waals surface area (Å²) in [7, 11) is 3.41. The molecule has 0 spiro atoms. The number of amides is 1. The Hall–Kier alpha value is -4.51. The Morgan fingerprint density at radius 1 is 1.03 bits per heavy atom. The van der Waals surface area contributed by atoms with E-state index < -0.39 is 0 Å². The zero-order valence-electron chi connectivity index (χ0n) is 16.9. The van der Waals surface area contributed by atoms with Gasteiger partial charge in [-0.25, -0.2) is 9.97 Å². The first-order chi connectivity index (χ1) is 15.0. The number of nitrogens with zero attached hydrogens (tertiary/aromatic N) is 5. The van der Waals surface area contributed by atoms with Gasteiger partial charge in [0, 0.05) is 36.9 Å². The van der Waals surface area contributed by atoms with Gasteiger partial charge in [0.2, 0.25) is 0 Å². The molecular weight excluding hydrogens is 392 g/mol. The Kier molecular flexibility index (Phi) is 5.16. The number of aromatic nitrogens is 3. The lowest BCUT2D eigenvalue weighted by Gasteiger charge is -2.10. The molecule has 4 aromatic rings. The first kappa shape index (κ1) is 19.8. The van der Waals surface area contributed by atoms with Gasteiger partial charge in [-0.1, -0.05) is 29.4 Å². The maximum absolute atomic E-state index is 12.1. The van der Waals surface area contributed by atoms with Crippen molar-refractivity contribution in [2.45, 2.75) is 0 Å². The summed E-state index contributed by atoms with van der Waals surface area (Å²) in [6.45, 7) is 0. The molecule has 0 aliphatic rings. The Bertz CT molecular complexity index is 1290. The standard InChI is InChI=1S/C23H18N6O2/c1-29(2)23(30)17-9-7-16(8-10-17)19-13-26-22(25)21(27-19)20-11-18(28-31-20)15-5-3-14(12-24)4-6-15/h3-11,13H,1-2H3,(H2,25,26). The minimum Gasteiger partial charge on any atom is -0.382 e. The van der Waals surface area contributed by atoms with Gasteiger partial charge >= 0.3 is 0 Å². The van der Waals surface area contributed by atoms with Crippen LogP contribution in [0.1, 0.15) is 15.9 Å². The second-order valence-electron chi connectivity index (χ2n) is 7.03. The van der Waals surface area contributed by atoms with Crippen LogP contribution in [-0.2, 0) is 0 Å². The highest BCUT2D eigenvalue weighted by atomic mass is 16.5. The predicted octanol–water partition coefficient (Wildman–Crippen LogP) is 3.62. The number of nitrogens with two attached hydrogens (primary N) is 1. The maximum Gasteiger partial charge on any atom is 0.253 e. The lowest BCUT2D eigenvalue weighted by Crippen LogP contribution is -2.21. The number of anilines is 1. The van der Waals surface area contributed by atoms with Crippen molar-refractivity contribution >= 4 is 11.7 Å². The van der Waals surface area contributed by atoms with Gasteiger partial charge in [-0.3, -0.25) is 4.79 Å². The van der Waals surface area contributed by atoms with Gasteiger partial charge in [0.15, 0.2) is 17.3 Å². The third-order valence-electron chi connectivity index (χ3n) is 4.69. The Balaban J connectivity index is 1.65. The molecule has 0 aliphatic heterocycles. The highest BCUT2D eigenvalue weighted by molar-refractivity contribution is 5.94. The topological polar surface area (TPSA) is 122 Å². The molecule has 2 aromatic carbocycles. The van der Waals surface area contributed by atoms with Gasteiger partial charge in [0.25, 0.3) is 5.91 Å². The van der Waals surface area contributed by atoms with E-state index in [0.717, 1.165) is 11.1 Å². The van der Waals surface area contributed by atoms with E-state index in [1.54, 1.807) is 62.8 Å². The van der Waals surface area contributed by atoms with E-state index >= 15 is 0 Å². The summed E-state index contributed by atoms with van der Waals surface area (Å²) >= 11 is 0. The first-order valence-electron chi connectivity index (χ1n) is 9.38. The van der Waals surface area contributed by atoms with Gasteiger partial charge in [-0.15, -0.1) is 0 Å². The molecule has 2 N–H and O–H groups in total. The molecule has 0 unspecified atom stereocenters. The number of hydrogen-bond acceptors (Lipinski definition) is 7. The number of hydrogen-bond donors (Lipinski definition) is 1. The van der Waals surface area contributed by atoms with E-state index in [4.69, 9.17) is 15.5 Å². The van der Waals surface area contributed by atoms with E-state index in [1.165, 1.54) is 4.90 Å². The summed E-state index contributed by atoms with van der Waals surface area (Å²) < 4.78 is 5.46. The fourth-order valence-corrected chi connectivity index (χ4v) is 3.00. The molecule has 8 heteroatoms. The van der Waals surface area contributed by atoms with Crippen molar-refractivity contribution in [2.75, 3.05) is 19.8 Å². The Morgan fingerprint density at radius 2 is 1.68 bits per heavy atom. The average Bonchev–Trinajstić information content (AvgIpc) is 3.29. The van der Waals surface area contributed by atoms with Gasteiger partial charge < -0.3 is 15.2 Å². The normalized spacial score (nSPS) is 10.5. The minimum absolute atomic E-state index is 0.0763. The summed E-state index contributed by atoms with van der Waals surface area (Å²) in [5, 5.41) is 13.0.